The lowest BCUT2D eigenvalue weighted by molar-refractivity contribution is 0.415. The fraction of sp³-hybridized carbons (Fsp3) is 0.250. The van der Waals surface area contributed by atoms with Gasteiger partial charge in [-0.3, -0.25) is 0 Å². The van der Waals surface area contributed by atoms with Crippen LogP contribution >= 0.6 is 11.6 Å². The van der Waals surface area contributed by atoms with Gasteiger partial charge in [-0.2, -0.15) is 0 Å². The van der Waals surface area contributed by atoms with Gasteiger partial charge in [0, 0.05) is 30.7 Å². The van der Waals surface area contributed by atoms with E-state index in [-0.39, 0.29) is 0 Å². The van der Waals surface area contributed by atoms with Gasteiger partial charge in [0.2, 0.25) is 0 Å². The maximum atomic E-state index is 6.17. The first-order valence-corrected chi connectivity index (χ1v) is 7.46. The van der Waals surface area contributed by atoms with E-state index in [1.165, 1.54) is 0 Å². The fourth-order valence-corrected chi connectivity index (χ4v) is 2.63. The van der Waals surface area contributed by atoms with Crippen LogP contribution in [0.5, 0.6) is 5.75 Å². The molecule has 0 atom stereocenters. The van der Waals surface area contributed by atoms with Crippen LogP contribution in [0.2, 0.25) is 5.02 Å². The van der Waals surface area contributed by atoms with Crippen molar-refractivity contribution in [1.82, 2.24) is 19.1 Å². The molecule has 0 bridgehead atoms. The van der Waals surface area contributed by atoms with Crippen molar-refractivity contribution in [3.63, 3.8) is 0 Å². The van der Waals surface area contributed by atoms with Gasteiger partial charge in [-0.05, 0) is 18.2 Å². The number of halogens is 1. The summed E-state index contributed by atoms with van der Waals surface area (Å²) in [5, 5.41) is 0.582. The summed E-state index contributed by atoms with van der Waals surface area (Å²) in [4.78, 5) is 8.78. The molecule has 6 heteroatoms. The van der Waals surface area contributed by atoms with E-state index in [1.807, 2.05) is 41.4 Å². The average Bonchev–Trinajstić information content (AvgIpc) is 3.16. The van der Waals surface area contributed by atoms with Crippen molar-refractivity contribution in [2.24, 2.45) is 0 Å². The third-order valence-corrected chi connectivity index (χ3v) is 3.82. The topological polar surface area (TPSA) is 44.9 Å². The highest BCUT2D eigenvalue weighted by Gasteiger charge is 2.07. The standard InChI is InChI=1S/C16H17ClN4O/c1-3-16-18-6-7-20(16)9-12-10-21(11-19-12)13-4-5-15(22-2)14(17)8-13/h4-8,10-11H,3,9H2,1-2H3. The lowest BCUT2D eigenvalue weighted by atomic mass is 10.3. The Hall–Kier alpha value is -2.27. The summed E-state index contributed by atoms with van der Waals surface area (Å²) in [7, 11) is 1.60. The van der Waals surface area contributed by atoms with E-state index in [0.29, 0.717) is 17.3 Å². The van der Waals surface area contributed by atoms with Crippen molar-refractivity contribution in [1.29, 1.82) is 0 Å². The van der Waals surface area contributed by atoms with Gasteiger partial charge < -0.3 is 13.9 Å². The summed E-state index contributed by atoms with van der Waals surface area (Å²) >= 11 is 6.17. The Morgan fingerprint density at radius 1 is 1.27 bits per heavy atom. The number of hydrogen-bond donors (Lipinski definition) is 0. The molecule has 0 amide bonds. The molecule has 0 unspecified atom stereocenters. The molecule has 2 heterocycles. The summed E-state index contributed by atoms with van der Waals surface area (Å²) in [6, 6.07) is 5.66. The number of aromatic nitrogens is 4. The zero-order valence-corrected chi connectivity index (χ0v) is 13.3. The molecule has 3 aromatic rings. The van der Waals surface area contributed by atoms with E-state index in [4.69, 9.17) is 16.3 Å². The Bertz CT molecular complexity index is 778. The maximum Gasteiger partial charge on any atom is 0.137 e. The van der Waals surface area contributed by atoms with Crippen molar-refractivity contribution in [3.8, 4) is 11.4 Å². The Morgan fingerprint density at radius 2 is 2.14 bits per heavy atom. The predicted octanol–water partition coefficient (Wildman–Crippen LogP) is 3.34. The monoisotopic (exact) mass is 316 g/mol. The first-order chi connectivity index (χ1) is 10.7. The number of imidazole rings is 2. The molecular weight excluding hydrogens is 300 g/mol. The third-order valence-electron chi connectivity index (χ3n) is 3.52. The van der Waals surface area contributed by atoms with Gasteiger partial charge in [-0.1, -0.05) is 18.5 Å². The summed E-state index contributed by atoms with van der Waals surface area (Å²) in [6.45, 7) is 2.80. The SMILES string of the molecule is CCc1nccn1Cc1cn(-c2ccc(OC)c(Cl)c2)cn1. The molecule has 0 aliphatic rings. The van der Waals surface area contributed by atoms with E-state index < -0.39 is 0 Å². The zero-order chi connectivity index (χ0) is 15.5. The Kier molecular flexibility index (Phi) is 4.15. The second-order valence-electron chi connectivity index (χ2n) is 4.92. The number of benzene rings is 1. The zero-order valence-electron chi connectivity index (χ0n) is 12.5. The summed E-state index contributed by atoms with van der Waals surface area (Å²) in [5.41, 5.74) is 1.92. The number of aryl methyl sites for hydroxylation is 1. The van der Waals surface area contributed by atoms with Crippen molar-refractivity contribution in [2.75, 3.05) is 7.11 Å². The highest BCUT2D eigenvalue weighted by Crippen LogP contribution is 2.26. The van der Waals surface area contributed by atoms with Gasteiger partial charge in [-0.15, -0.1) is 0 Å². The second kappa shape index (κ2) is 6.23. The first-order valence-electron chi connectivity index (χ1n) is 7.08. The van der Waals surface area contributed by atoms with Crippen LogP contribution in [0, 0.1) is 0 Å². The molecule has 0 fully saturated rings. The summed E-state index contributed by atoms with van der Waals surface area (Å²) in [6.07, 6.45) is 8.48. The van der Waals surface area contributed by atoms with Crippen LogP contribution in [-0.2, 0) is 13.0 Å². The smallest absolute Gasteiger partial charge is 0.137 e. The van der Waals surface area contributed by atoms with E-state index in [1.54, 1.807) is 13.4 Å². The van der Waals surface area contributed by atoms with Gasteiger partial charge in [-0.25, -0.2) is 9.97 Å². The molecule has 3 rings (SSSR count). The third kappa shape index (κ3) is 2.85. The second-order valence-corrected chi connectivity index (χ2v) is 5.32. The quantitative estimate of drug-likeness (QED) is 0.725. The molecule has 0 saturated carbocycles. The molecule has 22 heavy (non-hydrogen) atoms. The molecule has 0 spiro atoms. The highest BCUT2D eigenvalue weighted by molar-refractivity contribution is 6.32. The number of rotatable bonds is 5. The van der Waals surface area contributed by atoms with Crippen LogP contribution in [0.3, 0.4) is 0 Å². The van der Waals surface area contributed by atoms with E-state index >= 15 is 0 Å². The van der Waals surface area contributed by atoms with Crippen LogP contribution in [0.4, 0.5) is 0 Å². The summed E-state index contributed by atoms with van der Waals surface area (Å²) in [5.74, 6) is 1.72. The molecule has 0 aliphatic heterocycles. The molecule has 0 aliphatic carbocycles. The minimum absolute atomic E-state index is 0.582. The van der Waals surface area contributed by atoms with Crippen LogP contribution in [0.15, 0.2) is 43.1 Å². The first kappa shape index (κ1) is 14.7. The molecule has 2 aromatic heterocycles. The summed E-state index contributed by atoms with van der Waals surface area (Å²) < 4.78 is 9.22. The lowest BCUT2D eigenvalue weighted by Gasteiger charge is -2.06. The van der Waals surface area contributed by atoms with E-state index in [9.17, 15) is 0 Å². The minimum Gasteiger partial charge on any atom is -0.495 e. The van der Waals surface area contributed by atoms with Crippen LogP contribution in [0.25, 0.3) is 5.69 Å². The number of methoxy groups -OCH3 is 1. The van der Waals surface area contributed by atoms with Crippen molar-refractivity contribution >= 4 is 11.6 Å². The molecule has 0 radical (unpaired) electrons. The van der Waals surface area contributed by atoms with Crippen LogP contribution < -0.4 is 4.74 Å². The van der Waals surface area contributed by atoms with Gasteiger partial charge in [0.05, 0.1) is 30.7 Å². The molecule has 0 N–H and O–H groups in total. The molecule has 114 valence electrons. The Balaban J connectivity index is 1.83. The van der Waals surface area contributed by atoms with Gasteiger partial charge in [0.15, 0.2) is 0 Å². The van der Waals surface area contributed by atoms with Crippen LogP contribution in [0.1, 0.15) is 18.4 Å². The minimum atomic E-state index is 0.582. The van der Waals surface area contributed by atoms with Crippen LogP contribution in [-0.4, -0.2) is 26.2 Å². The Labute approximate surface area is 134 Å². The number of hydrogen-bond acceptors (Lipinski definition) is 3. The number of ether oxygens (including phenoxy) is 1. The molecule has 1 aromatic carbocycles. The van der Waals surface area contributed by atoms with E-state index in [2.05, 4.69) is 21.5 Å². The lowest BCUT2D eigenvalue weighted by Crippen LogP contribution is -2.03. The normalized spacial score (nSPS) is 10.9. The van der Waals surface area contributed by atoms with Crippen molar-refractivity contribution < 1.29 is 4.74 Å². The van der Waals surface area contributed by atoms with E-state index in [0.717, 1.165) is 23.6 Å². The molecule has 5 nitrogen and oxygen atoms in total. The number of nitrogens with zero attached hydrogens (tertiary/aromatic N) is 4. The van der Waals surface area contributed by atoms with Gasteiger partial charge in [0.25, 0.3) is 0 Å². The highest BCUT2D eigenvalue weighted by atomic mass is 35.5. The Morgan fingerprint density at radius 3 is 2.86 bits per heavy atom. The van der Waals surface area contributed by atoms with Gasteiger partial charge >= 0.3 is 0 Å². The fourth-order valence-electron chi connectivity index (χ4n) is 2.38. The van der Waals surface area contributed by atoms with Crippen molar-refractivity contribution in [3.05, 3.63) is 59.7 Å². The molecular formula is C16H17ClN4O. The maximum absolute atomic E-state index is 6.17. The van der Waals surface area contributed by atoms with Crippen molar-refractivity contribution in [2.45, 2.75) is 19.9 Å². The largest absolute Gasteiger partial charge is 0.495 e. The predicted molar refractivity (Wildman–Crippen MR) is 85.8 cm³/mol. The molecule has 0 saturated heterocycles. The average molecular weight is 317 g/mol. The van der Waals surface area contributed by atoms with Gasteiger partial charge in [0.1, 0.15) is 11.6 Å².